The van der Waals surface area contributed by atoms with Gasteiger partial charge in [0.15, 0.2) is 0 Å². The second kappa shape index (κ2) is 8.84. The molecular formula is C24H21FN4O5S. The number of imide groups is 1. The summed E-state index contributed by atoms with van der Waals surface area (Å²) in [6, 6.07) is 15.1. The Balaban J connectivity index is 1.42. The quantitative estimate of drug-likeness (QED) is 0.389. The fourth-order valence-corrected chi connectivity index (χ4v) is 4.67. The Morgan fingerprint density at radius 2 is 1.57 bits per heavy atom. The minimum Gasteiger partial charge on any atom is -0.322 e. The second-order valence-corrected chi connectivity index (χ2v) is 9.84. The number of hydrogen-bond donors (Lipinski definition) is 4. The molecule has 1 heterocycles. The summed E-state index contributed by atoms with van der Waals surface area (Å²) in [6.07, 6.45) is 0. The molecule has 0 spiro atoms. The number of amides is 4. The summed E-state index contributed by atoms with van der Waals surface area (Å²) in [7, 11) is -3.93. The highest BCUT2D eigenvalue weighted by Crippen LogP contribution is 2.26. The summed E-state index contributed by atoms with van der Waals surface area (Å²) in [5.41, 5.74) is 0.533. The molecule has 1 atom stereocenters. The van der Waals surface area contributed by atoms with Crippen molar-refractivity contribution < 1.29 is 27.2 Å². The van der Waals surface area contributed by atoms with Gasteiger partial charge in [-0.2, -0.15) is 0 Å². The third-order valence-corrected chi connectivity index (χ3v) is 6.98. The van der Waals surface area contributed by atoms with Crippen molar-refractivity contribution in [2.45, 2.75) is 24.3 Å². The molecule has 1 aliphatic rings. The number of nitrogens with one attached hydrogen (secondary N) is 4. The fourth-order valence-electron chi connectivity index (χ4n) is 3.52. The van der Waals surface area contributed by atoms with Crippen molar-refractivity contribution in [3.8, 4) is 0 Å². The molecule has 0 aliphatic carbocycles. The lowest BCUT2D eigenvalue weighted by molar-refractivity contribution is -0.123. The van der Waals surface area contributed by atoms with Crippen LogP contribution in [0.3, 0.4) is 0 Å². The Labute approximate surface area is 200 Å². The molecule has 3 aromatic rings. The van der Waals surface area contributed by atoms with E-state index in [0.717, 1.165) is 6.07 Å². The van der Waals surface area contributed by atoms with E-state index in [1.807, 2.05) is 0 Å². The van der Waals surface area contributed by atoms with Crippen molar-refractivity contribution in [1.29, 1.82) is 0 Å². The second-order valence-electron chi connectivity index (χ2n) is 8.16. The number of carbonyl (C=O) groups excluding carboxylic acids is 3. The maximum Gasteiger partial charge on any atom is 0.322 e. The van der Waals surface area contributed by atoms with Crippen molar-refractivity contribution >= 4 is 39.2 Å². The molecule has 4 amide bonds. The van der Waals surface area contributed by atoms with Gasteiger partial charge in [0.2, 0.25) is 0 Å². The van der Waals surface area contributed by atoms with Gasteiger partial charge >= 0.3 is 6.03 Å². The van der Waals surface area contributed by atoms with E-state index in [9.17, 15) is 27.2 Å². The van der Waals surface area contributed by atoms with Crippen LogP contribution in [-0.4, -0.2) is 26.3 Å². The van der Waals surface area contributed by atoms with Gasteiger partial charge in [-0.3, -0.25) is 19.6 Å². The lowest BCUT2D eigenvalue weighted by Crippen LogP contribution is -2.40. The van der Waals surface area contributed by atoms with Gasteiger partial charge in [-0.25, -0.2) is 17.6 Å². The van der Waals surface area contributed by atoms with Crippen LogP contribution in [0.25, 0.3) is 0 Å². The topological polar surface area (TPSA) is 133 Å². The Bertz CT molecular complexity index is 1440. The van der Waals surface area contributed by atoms with Crippen molar-refractivity contribution in [2.24, 2.45) is 0 Å². The van der Waals surface area contributed by atoms with Crippen molar-refractivity contribution in [3.05, 3.63) is 89.2 Å². The zero-order chi connectivity index (χ0) is 25.4. The molecule has 0 aromatic heterocycles. The standard InChI is InChI=1S/C24H21FN4O5S/c1-14-13-19(11-12-20(14)25)35(33,34)29-18-7-3-15(4-8-18)21(30)26-17-9-5-16(6-10-17)24(2)22(31)27-23(32)28-24/h3-13,29H,1-2H3,(H,26,30)(H2,27,28,31,32)/t24-/m0/s1. The highest BCUT2D eigenvalue weighted by Gasteiger charge is 2.43. The van der Waals surface area contributed by atoms with E-state index in [2.05, 4.69) is 20.7 Å². The largest absolute Gasteiger partial charge is 0.322 e. The molecule has 0 bridgehead atoms. The smallest absolute Gasteiger partial charge is 0.322 e. The van der Waals surface area contributed by atoms with Crippen LogP contribution in [0.2, 0.25) is 0 Å². The van der Waals surface area contributed by atoms with Crippen molar-refractivity contribution in [3.63, 3.8) is 0 Å². The number of anilines is 2. The van der Waals surface area contributed by atoms with Gasteiger partial charge in [-0.05, 0) is 79.6 Å². The highest BCUT2D eigenvalue weighted by molar-refractivity contribution is 7.92. The van der Waals surface area contributed by atoms with Crippen LogP contribution in [0.4, 0.5) is 20.6 Å². The molecule has 3 aromatic carbocycles. The van der Waals surface area contributed by atoms with Crippen LogP contribution in [0.15, 0.2) is 71.6 Å². The average Bonchev–Trinajstić information content (AvgIpc) is 3.08. The van der Waals surface area contributed by atoms with Crippen LogP contribution in [0.5, 0.6) is 0 Å². The molecule has 35 heavy (non-hydrogen) atoms. The minimum absolute atomic E-state index is 0.0785. The van der Waals surface area contributed by atoms with Gasteiger partial charge < -0.3 is 10.6 Å². The Hall–Kier alpha value is -4.25. The summed E-state index contributed by atoms with van der Waals surface area (Å²) in [5, 5.41) is 7.47. The summed E-state index contributed by atoms with van der Waals surface area (Å²) in [6.45, 7) is 3.05. The molecule has 11 heteroatoms. The lowest BCUT2D eigenvalue weighted by Gasteiger charge is -2.21. The van der Waals surface area contributed by atoms with Crippen molar-refractivity contribution in [1.82, 2.24) is 10.6 Å². The number of benzene rings is 3. The first-order valence-electron chi connectivity index (χ1n) is 10.4. The molecule has 180 valence electrons. The van der Waals surface area contributed by atoms with Gasteiger partial charge in [0.25, 0.3) is 21.8 Å². The first-order chi connectivity index (χ1) is 16.5. The van der Waals surface area contributed by atoms with Gasteiger partial charge in [-0.1, -0.05) is 12.1 Å². The highest BCUT2D eigenvalue weighted by atomic mass is 32.2. The van der Waals surface area contributed by atoms with Crippen LogP contribution < -0.4 is 20.7 Å². The van der Waals surface area contributed by atoms with Gasteiger partial charge in [-0.15, -0.1) is 0 Å². The van der Waals surface area contributed by atoms with Crippen LogP contribution >= 0.6 is 0 Å². The fraction of sp³-hybridized carbons (Fsp3) is 0.125. The predicted molar refractivity (Wildman–Crippen MR) is 127 cm³/mol. The van der Waals surface area contributed by atoms with E-state index in [-0.39, 0.29) is 21.7 Å². The predicted octanol–water partition coefficient (Wildman–Crippen LogP) is 3.24. The van der Waals surface area contributed by atoms with Crippen LogP contribution in [0.1, 0.15) is 28.4 Å². The first kappa shape index (κ1) is 23.9. The maximum absolute atomic E-state index is 13.4. The van der Waals surface area contributed by atoms with E-state index in [1.54, 1.807) is 31.2 Å². The molecule has 1 aliphatic heterocycles. The van der Waals surface area contributed by atoms with Crippen molar-refractivity contribution in [2.75, 3.05) is 10.0 Å². The number of rotatable bonds is 6. The third kappa shape index (κ3) is 4.85. The number of hydrogen-bond acceptors (Lipinski definition) is 5. The number of halogens is 1. The zero-order valence-corrected chi connectivity index (χ0v) is 19.5. The summed E-state index contributed by atoms with van der Waals surface area (Å²) in [5.74, 6) is -1.40. The van der Waals surface area contributed by atoms with E-state index in [1.165, 1.54) is 43.3 Å². The Kier molecular flexibility index (Phi) is 6.03. The molecule has 4 N–H and O–H groups in total. The molecule has 0 radical (unpaired) electrons. The maximum atomic E-state index is 13.4. The number of aryl methyl sites for hydroxylation is 1. The van der Waals surface area contributed by atoms with Crippen LogP contribution in [-0.2, 0) is 20.4 Å². The van der Waals surface area contributed by atoms with E-state index < -0.39 is 39.2 Å². The molecule has 0 saturated carbocycles. The summed E-state index contributed by atoms with van der Waals surface area (Å²) < 4.78 is 40.9. The van der Waals surface area contributed by atoms with E-state index in [0.29, 0.717) is 11.3 Å². The van der Waals surface area contributed by atoms with Gasteiger partial charge in [0.1, 0.15) is 11.4 Å². The Morgan fingerprint density at radius 1 is 0.943 bits per heavy atom. The lowest BCUT2D eigenvalue weighted by atomic mass is 9.92. The molecular weight excluding hydrogens is 475 g/mol. The van der Waals surface area contributed by atoms with E-state index >= 15 is 0 Å². The van der Waals surface area contributed by atoms with Gasteiger partial charge in [0, 0.05) is 16.9 Å². The molecule has 4 rings (SSSR count). The van der Waals surface area contributed by atoms with E-state index in [4.69, 9.17) is 0 Å². The Morgan fingerprint density at radius 3 is 2.14 bits per heavy atom. The monoisotopic (exact) mass is 496 g/mol. The number of urea groups is 1. The number of carbonyl (C=O) groups is 3. The molecule has 1 saturated heterocycles. The molecule has 9 nitrogen and oxygen atoms in total. The normalized spacial score (nSPS) is 17.5. The first-order valence-corrected chi connectivity index (χ1v) is 11.9. The zero-order valence-electron chi connectivity index (χ0n) is 18.7. The summed E-state index contributed by atoms with van der Waals surface area (Å²) >= 11 is 0. The minimum atomic E-state index is -3.93. The van der Waals surface area contributed by atoms with Gasteiger partial charge in [0.05, 0.1) is 4.90 Å². The average molecular weight is 497 g/mol. The summed E-state index contributed by atoms with van der Waals surface area (Å²) in [4.78, 5) is 36.0. The third-order valence-electron chi connectivity index (χ3n) is 5.60. The SMILES string of the molecule is Cc1cc(S(=O)(=O)Nc2ccc(C(=O)Nc3ccc([C@]4(C)NC(=O)NC4=O)cc3)cc2)ccc1F. The number of sulfonamides is 1. The molecule has 1 fully saturated rings. The molecule has 0 unspecified atom stereocenters. The van der Waals surface area contributed by atoms with Crippen LogP contribution in [0, 0.1) is 12.7 Å².